The lowest BCUT2D eigenvalue weighted by atomic mass is 10.1. The fourth-order valence-corrected chi connectivity index (χ4v) is 4.84. The molecule has 0 spiro atoms. The molecular formula is C22H26F3N3O4S. The molecule has 1 amide bonds. The molecule has 180 valence electrons. The van der Waals surface area contributed by atoms with Crippen LogP contribution in [-0.4, -0.2) is 63.7 Å². The number of amides is 1. The topological polar surface area (TPSA) is 78.9 Å². The maximum Gasteiger partial charge on any atom is 0.416 e. The number of sulfonamides is 1. The lowest BCUT2D eigenvalue weighted by molar-refractivity contribution is -0.137. The van der Waals surface area contributed by atoms with E-state index in [-0.39, 0.29) is 44.4 Å². The summed E-state index contributed by atoms with van der Waals surface area (Å²) >= 11 is 0. The minimum atomic E-state index is -4.43. The van der Waals surface area contributed by atoms with Gasteiger partial charge in [0.25, 0.3) is 5.91 Å². The van der Waals surface area contributed by atoms with E-state index in [1.165, 1.54) is 10.4 Å². The Morgan fingerprint density at radius 3 is 2.33 bits per heavy atom. The number of ether oxygens (including phenoxy) is 1. The van der Waals surface area contributed by atoms with Gasteiger partial charge in [0.2, 0.25) is 10.0 Å². The Balaban J connectivity index is 1.49. The van der Waals surface area contributed by atoms with Crippen molar-refractivity contribution in [2.45, 2.75) is 13.1 Å². The molecule has 2 aromatic carbocycles. The van der Waals surface area contributed by atoms with Crippen molar-refractivity contribution in [3.63, 3.8) is 0 Å². The van der Waals surface area contributed by atoms with Crippen LogP contribution >= 0.6 is 0 Å². The Labute approximate surface area is 191 Å². The van der Waals surface area contributed by atoms with Gasteiger partial charge in [-0.25, -0.2) is 8.42 Å². The van der Waals surface area contributed by atoms with Crippen LogP contribution in [-0.2, 0) is 16.2 Å². The van der Waals surface area contributed by atoms with E-state index in [1.807, 2.05) is 6.92 Å². The summed E-state index contributed by atoms with van der Waals surface area (Å²) in [6.45, 7) is 3.18. The first kappa shape index (κ1) is 24.8. The van der Waals surface area contributed by atoms with Gasteiger partial charge in [0.1, 0.15) is 5.75 Å². The third-order valence-electron chi connectivity index (χ3n) is 5.24. The second-order valence-corrected chi connectivity index (χ2v) is 9.55. The van der Waals surface area contributed by atoms with Crippen molar-refractivity contribution in [3.05, 3.63) is 59.7 Å². The number of alkyl halides is 3. The monoisotopic (exact) mass is 485 g/mol. The van der Waals surface area contributed by atoms with Gasteiger partial charge in [0.15, 0.2) is 0 Å². The first-order chi connectivity index (χ1) is 15.6. The molecule has 1 saturated heterocycles. The smallest absolute Gasteiger partial charge is 0.416 e. The van der Waals surface area contributed by atoms with E-state index in [4.69, 9.17) is 4.74 Å². The first-order valence-electron chi connectivity index (χ1n) is 10.5. The molecule has 0 atom stereocenters. The summed E-state index contributed by atoms with van der Waals surface area (Å²) in [6.07, 6.45) is -4.43. The maximum atomic E-state index is 12.9. The highest BCUT2D eigenvalue weighted by molar-refractivity contribution is 7.89. The Kier molecular flexibility index (Phi) is 7.85. The standard InChI is InChI=1S/C22H26F3N3O4S/c1-2-32-20-8-6-17(7-9-20)21(29)26-10-15-33(30,31)28-13-11-27(12-14-28)19-5-3-4-18(16-19)22(23,24)25/h3-9,16H,2,10-15H2,1H3,(H,26,29). The largest absolute Gasteiger partial charge is 0.494 e. The zero-order valence-electron chi connectivity index (χ0n) is 18.1. The average molecular weight is 486 g/mol. The van der Waals surface area contributed by atoms with E-state index in [2.05, 4.69) is 5.32 Å². The second-order valence-electron chi connectivity index (χ2n) is 7.46. The van der Waals surface area contributed by atoms with Gasteiger partial charge in [0, 0.05) is 44.0 Å². The summed E-state index contributed by atoms with van der Waals surface area (Å²) in [4.78, 5) is 14.0. The van der Waals surface area contributed by atoms with Crippen LogP contribution in [0.25, 0.3) is 0 Å². The quantitative estimate of drug-likeness (QED) is 0.622. The van der Waals surface area contributed by atoms with E-state index in [1.54, 1.807) is 35.2 Å². The lowest BCUT2D eigenvalue weighted by Gasteiger charge is -2.35. The number of carbonyl (C=O) groups excluding carboxylic acids is 1. The molecule has 1 N–H and O–H groups in total. The van der Waals surface area contributed by atoms with Crippen LogP contribution in [0.4, 0.5) is 18.9 Å². The molecular weight excluding hydrogens is 459 g/mol. The molecule has 1 aliphatic heterocycles. The zero-order chi connectivity index (χ0) is 24.1. The molecule has 0 saturated carbocycles. The molecule has 0 aliphatic carbocycles. The molecule has 11 heteroatoms. The Morgan fingerprint density at radius 1 is 1.06 bits per heavy atom. The molecule has 2 aromatic rings. The number of nitrogens with one attached hydrogen (secondary N) is 1. The molecule has 1 heterocycles. The number of hydrogen-bond donors (Lipinski definition) is 1. The second kappa shape index (κ2) is 10.4. The highest BCUT2D eigenvalue weighted by atomic mass is 32.2. The Bertz CT molecular complexity index is 1050. The SMILES string of the molecule is CCOc1ccc(C(=O)NCCS(=O)(=O)N2CCN(c3cccc(C(F)(F)F)c3)CC2)cc1. The van der Waals surface area contributed by atoms with Gasteiger partial charge in [-0.1, -0.05) is 6.07 Å². The number of nitrogens with zero attached hydrogens (tertiary/aromatic N) is 2. The van der Waals surface area contributed by atoms with Gasteiger partial charge in [-0.05, 0) is 49.4 Å². The third kappa shape index (κ3) is 6.61. The van der Waals surface area contributed by atoms with Crippen LogP contribution in [0.5, 0.6) is 5.75 Å². The molecule has 3 rings (SSSR count). The van der Waals surface area contributed by atoms with Gasteiger partial charge in [-0.15, -0.1) is 0 Å². The molecule has 33 heavy (non-hydrogen) atoms. The van der Waals surface area contributed by atoms with E-state index in [9.17, 15) is 26.4 Å². The van der Waals surface area contributed by atoms with E-state index in [0.29, 0.717) is 23.6 Å². The van der Waals surface area contributed by atoms with Crippen LogP contribution in [0.15, 0.2) is 48.5 Å². The summed E-state index contributed by atoms with van der Waals surface area (Å²) in [5, 5.41) is 2.60. The van der Waals surface area contributed by atoms with Crippen LogP contribution in [0.1, 0.15) is 22.8 Å². The van der Waals surface area contributed by atoms with Gasteiger partial charge in [-0.2, -0.15) is 17.5 Å². The van der Waals surface area contributed by atoms with Gasteiger partial charge in [-0.3, -0.25) is 4.79 Å². The molecule has 1 aliphatic rings. The average Bonchev–Trinajstić information content (AvgIpc) is 2.79. The number of benzene rings is 2. The zero-order valence-corrected chi connectivity index (χ0v) is 19.0. The van der Waals surface area contributed by atoms with E-state index < -0.39 is 21.8 Å². The minimum Gasteiger partial charge on any atom is -0.494 e. The predicted molar refractivity (Wildman–Crippen MR) is 119 cm³/mol. The predicted octanol–water partition coefficient (Wildman–Crippen LogP) is 2.99. The fraction of sp³-hybridized carbons (Fsp3) is 0.409. The van der Waals surface area contributed by atoms with Crippen LogP contribution in [0.3, 0.4) is 0 Å². The molecule has 0 radical (unpaired) electrons. The van der Waals surface area contributed by atoms with Crippen molar-refractivity contribution < 1.29 is 31.1 Å². The van der Waals surface area contributed by atoms with Crippen LogP contribution in [0.2, 0.25) is 0 Å². The minimum absolute atomic E-state index is 0.0534. The number of piperazine rings is 1. The van der Waals surface area contributed by atoms with Crippen molar-refractivity contribution in [2.24, 2.45) is 0 Å². The Morgan fingerprint density at radius 2 is 1.73 bits per heavy atom. The summed E-state index contributed by atoms with van der Waals surface area (Å²) in [7, 11) is -3.62. The molecule has 0 unspecified atom stereocenters. The van der Waals surface area contributed by atoms with Gasteiger partial charge < -0.3 is 15.0 Å². The van der Waals surface area contributed by atoms with Crippen molar-refractivity contribution in [3.8, 4) is 5.75 Å². The van der Waals surface area contributed by atoms with E-state index in [0.717, 1.165) is 12.1 Å². The maximum absolute atomic E-state index is 12.9. The summed E-state index contributed by atoms with van der Waals surface area (Å²) in [6, 6.07) is 11.5. The van der Waals surface area contributed by atoms with E-state index >= 15 is 0 Å². The summed E-state index contributed by atoms with van der Waals surface area (Å²) in [5.41, 5.74) is 0.0633. The summed E-state index contributed by atoms with van der Waals surface area (Å²) < 4.78 is 70.7. The highest BCUT2D eigenvalue weighted by Gasteiger charge is 2.32. The number of hydrogen-bond acceptors (Lipinski definition) is 5. The highest BCUT2D eigenvalue weighted by Crippen LogP contribution is 2.32. The summed E-state index contributed by atoms with van der Waals surface area (Å²) in [5.74, 6) is -0.0113. The normalized spacial score (nSPS) is 15.3. The number of halogens is 3. The van der Waals surface area contributed by atoms with Crippen molar-refractivity contribution in [2.75, 3.05) is 50.0 Å². The van der Waals surface area contributed by atoms with Crippen molar-refractivity contribution >= 4 is 21.6 Å². The first-order valence-corrected chi connectivity index (χ1v) is 12.1. The van der Waals surface area contributed by atoms with Crippen molar-refractivity contribution in [1.82, 2.24) is 9.62 Å². The number of anilines is 1. The lowest BCUT2D eigenvalue weighted by Crippen LogP contribution is -2.50. The van der Waals surface area contributed by atoms with Gasteiger partial charge in [0.05, 0.1) is 17.9 Å². The Hall–Kier alpha value is -2.79. The number of rotatable bonds is 8. The van der Waals surface area contributed by atoms with Crippen LogP contribution in [0, 0.1) is 0 Å². The fourth-order valence-electron chi connectivity index (χ4n) is 3.50. The molecule has 1 fully saturated rings. The molecule has 0 bridgehead atoms. The van der Waals surface area contributed by atoms with Gasteiger partial charge >= 0.3 is 6.18 Å². The number of carbonyl (C=O) groups is 1. The van der Waals surface area contributed by atoms with Crippen molar-refractivity contribution in [1.29, 1.82) is 0 Å². The van der Waals surface area contributed by atoms with Crippen LogP contribution < -0.4 is 15.0 Å². The molecule has 7 nitrogen and oxygen atoms in total. The molecule has 0 aromatic heterocycles. The third-order valence-corrected chi connectivity index (χ3v) is 7.12.